The van der Waals surface area contributed by atoms with E-state index in [0.717, 1.165) is 5.56 Å². The highest BCUT2D eigenvalue weighted by molar-refractivity contribution is 5.92. The van der Waals surface area contributed by atoms with E-state index in [9.17, 15) is 19.5 Å². The number of rotatable bonds is 5. The number of nitrogens with one attached hydrogen (secondary N) is 1. The summed E-state index contributed by atoms with van der Waals surface area (Å²) in [5.41, 5.74) is -3.25. The zero-order chi connectivity index (χ0) is 28.8. The number of piperidine rings is 1. The van der Waals surface area contributed by atoms with E-state index >= 15 is 0 Å². The van der Waals surface area contributed by atoms with Crippen molar-refractivity contribution in [1.29, 1.82) is 0 Å². The van der Waals surface area contributed by atoms with Crippen molar-refractivity contribution in [3.05, 3.63) is 65.7 Å². The predicted octanol–water partition coefficient (Wildman–Crippen LogP) is 2.95. The highest BCUT2D eigenvalue weighted by Gasteiger charge is 2.89. The number of phenolic OH excluding ortho intramolecular Hbond substituents is 1. The molecule has 5 fully saturated rings. The molecule has 1 aliphatic carbocycles. The zero-order valence-electron chi connectivity index (χ0n) is 23.1. The number of benzene rings is 2. The maximum atomic E-state index is 14.5. The molecule has 41 heavy (non-hydrogen) atoms. The van der Waals surface area contributed by atoms with Gasteiger partial charge in [0.15, 0.2) is 5.72 Å². The highest BCUT2D eigenvalue weighted by atomic mass is 16.6. The van der Waals surface area contributed by atoms with Crippen molar-refractivity contribution in [2.75, 3.05) is 26.1 Å². The number of hydrogen-bond acceptors (Lipinski definition) is 10. The fraction of sp³-hybridized carbons (Fsp3) is 0.452. The molecule has 1 spiro atoms. The van der Waals surface area contributed by atoms with Crippen LogP contribution in [-0.2, 0) is 38.7 Å². The van der Waals surface area contributed by atoms with E-state index in [4.69, 9.17) is 18.9 Å². The molecule has 2 N–H and O–H groups in total. The number of nitrogens with zero attached hydrogens (tertiary/aromatic N) is 1. The number of phenols is 1. The zero-order valence-corrected chi connectivity index (χ0v) is 23.1. The number of epoxide rings is 1. The van der Waals surface area contributed by atoms with Crippen molar-refractivity contribution in [2.45, 2.75) is 55.2 Å². The first-order valence-corrected chi connectivity index (χ1v) is 13.9. The molecule has 0 aromatic heterocycles. The van der Waals surface area contributed by atoms with Crippen LogP contribution in [0.15, 0.2) is 54.6 Å². The molecule has 1 saturated carbocycles. The molecule has 5 heterocycles. The van der Waals surface area contributed by atoms with Gasteiger partial charge < -0.3 is 29.4 Å². The number of carbonyl (C=O) groups is 3. The van der Waals surface area contributed by atoms with Crippen molar-refractivity contribution in [3.63, 3.8) is 0 Å². The van der Waals surface area contributed by atoms with E-state index in [1.165, 1.54) is 13.2 Å². The lowest BCUT2D eigenvalue weighted by Gasteiger charge is -2.50. The molecule has 6 aliphatic rings. The Morgan fingerprint density at radius 1 is 1.20 bits per heavy atom. The van der Waals surface area contributed by atoms with Crippen LogP contribution in [0.25, 0.3) is 6.08 Å². The van der Waals surface area contributed by atoms with Gasteiger partial charge in [0.05, 0.1) is 25.0 Å². The lowest BCUT2D eigenvalue weighted by Crippen LogP contribution is -2.67. The average molecular weight is 561 g/mol. The summed E-state index contributed by atoms with van der Waals surface area (Å²) >= 11 is 0. The number of aromatic hydroxyl groups is 1. The normalized spacial score (nSPS) is 38.0. The molecule has 10 nitrogen and oxygen atoms in total. The van der Waals surface area contributed by atoms with Gasteiger partial charge >= 0.3 is 17.9 Å². The van der Waals surface area contributed by atoms with E-state index in [-0.39, 0.29) is 30.9 Å². The third kappa shape index (κ3) is 3.06. The molecule has 2 aromatic rings. The Bertz CT molecular complexity index is 1490. The second-order valence-corrected chi connectivity index (χ2v) is 11.7. The van der Waals surface area contributed by atoms with Gasteiger partial charge in [-0.05, 0) is 62.2 Å². The molecule has 10 heteroatoms. The van der Waals surface area contributed by atoms with Crippen LogP contribution in [0.1, 0.15) is 37.3 Å². The number of hydrogen-bond donors (Lipinski definition) is 2. The summed E-state index contributed by atoms with van der Waals surface area (Å²) in [4.78, 5) is 43.1. The molecule has 214 valence electrons. The number of ether oxygens (including phenoxy) is 4. The Kier molecular flexibility index (Phi) is 5.44. The van der Waals surface area contributed by atoms with Crippen LogP contribution >= 0.6 is 0 Å². The van der Waals surface area contributed by atoms with Gasteiger partial charge in [0.25, 0.3) is 0 Å². The molecule has 0 radical (unpaired) electrons. The minimum Gasteiger partial charge on any atom is -0.508 e. The van der Waals surface area contributed by atoms with E-state index in [1.54, 1.807) is 24.3 Å². The number of anilines is 1. The van der Waals surface area contributed by atoms with Crippen LogP contribution in [0.5, 0.6) is 5.75 Å². The summed E-state index contributed by atoms with van der Waals surface area (Å²) in [6.45, 7) is 1.57. The third-order valence-electron chi connectivity index (χ3n) is 10.3. The van der Waals surface area contributed by atoms with E-state index < -0.39 is 46.1 Å². The Morgan fingerprint density at radius 2 is 1.95 bits per heavy atom. The lowest BCUT2D eigenvalue weighted by atomic mass is 9.50. The number of esters is 3. The molecular weight excluding hydrogens is 528 g/mol. The monoisotopic (exact) mass is 560 g/mol. The van der Waals surface area contributed by atoms with Crippen LogP contribution in [0.2, 0.25) is 0 Å². The first kappa shape index (κ1) is 26.0. The lowest BCUT2D eigenvalue weighted by molar-refractivity contribution is -0.182. The van der Waals surface area contributed by atoms with Gasteiger partial charge in [0.1, 0.15) is 23.9 Å². The SMILES string of the molecule is COC(=O)[C@]1(COC(=O)C=Cc2ccccc2)[C@H]2CC[C@H](N(C)[C@@]23O[C@H]3C)[C@@]23Nc4ccc(O)cc4[C@]21CC(=O)O3. The van der Waals surface area contributed by atoms with E-state index in [2.05, 4.69) is 10.2 Å². The molecule has 7 atom stereocenters. The summed E-state index contributed by atoms with van der Waals surface area (Å²) in [5, 5.41) is 14.1. The minimum absolute atomic E-state index is 0.0210. The summed E-state index contributed by atoms with van der Waals surface area (Å²) in [5.74, 6) is -2.31. The first-order valence-electron chi connectivity index (χ1n) is 13.9. The smallest absolute Gasteiger partial charge is 0.330 e. The number of carbonyl (C=O) groups excluding carboxylic acids is 3. The molecule has 2 bridgehead atoms. The number of fused-ring (bicyclic) bond motifs is 2. The van der Waals surface area contributed by atoms with Crippen LogP contribution in [-0.4, -0.2) is 72.3 Å². The van der Waals surface area contributed by atoms with Crippen LogP contribution in [0, 0.1) is 11.3 Å². The van der Waals surface area contributed by atoms with E-state index in [1.807, 2.05) is 44.3 Å². The van der Waals surface area contributed by atoms with Gasteiger partial charge in [0, 0.05) is 17.7 Å². The highest BCUT2D eigenvalue weighted by Crippen LogP contribution is 2.75. The second kappa shape index (κ2) is 8.56. The molecule has 0 unspecified atom stereocenters. The van der Waals surface area contributed by atoms with Crippen molar-refractivity contribution < 1.29 is 38.4 Å². The van der Waals surface area contributed by atoms with Gasteiger partial charge in [0.2, 0.25) is 5.72 Å². The van der Waals surface area contributed by atoms with Gasteiger partial charge in [-0.25, -0.2) is 4.79 Å². The molecule has 2 aromatic carbocycles. The molecular formula is C31H32N2O8. The third-order valence-corrected chi connectivity index (χ3v) is 10.3. The fourth-order valence-corrected chi connectivity index (χ4v) is 8.75. The van der Waals surface area contributed by atoms with Crippen LogP contribution < -0.4 is 5.32 Å². The number of likely N-dealkylation sites (N-methyl/N-ethyl adjacent to an activating group) is 1. The predicted molar refractivity (Wildman–Crippen MR) is 145 cm³/mol. The van der Waals surface area contributed by atoms with Crippen molar-refractivity contribution in [1.82, 2.24) is 4.90 Å². The molecule has 8 rings (SSSR count). The standard InChI is InChI=1S/C31H32N2O8/c1-18-30(40-18)23-12-13-24(33(30)2)31-29(16-26(36)41-31,21-15-20(34)10-11-22(21)32-31)28(23,27(37)38-3)17-39-25(35)14-9-19-7-5-4-6-8-19/h4-11,14-15,18,23-24,32,34H,12-13,16-17H2,1-3H3/t18-,23+,24-,28-,29-,30-,31-/m0/s1. The Hall–Kier alpha value is -3.89. The largest absolute Gasteiger partial charge is 0.508 e. The summed E-state index contributed by atoms with van der Waals surface area (Å²) in [6.07, 6.45) is 3.69. The molecule has 0 amide bonds. The van der Waals surface area contributed by atoms with Crippen LogP contribution in [0.4, 0.5) is 5.69 Å². The minimum atomic E-state index is -1.61. The average Bonchev–Trinajstić information content (AvgIpc) is 3.46. The topological polar surface area (TPSA) is 127 Å². The maximum absolute atomic E-state index is 14.5. The van der Waals surface area contributed by atoms with Crippen molar-refractivity contribution in [3.8, 4) is 5.75 Å². The van der Waals surface area contributed by atoms with E-state index in [0.29, 0.717) is 24.1 Å². The first-order chi connectivity index (χ1) is 19.7. The Balaban J connectivity index is 1.44. The van der Waals surface area contributed by atoms with Gasteiger partial charge in [-0.3, -0.25) is 14.5 Å². The molecule has 4 saturated heterocycles. The Labute approximate surface area is 237 Å². The van der Waals surface area contributed by atoms with Gasteiger partial charge in [-0.2, -0.15) is 0 Å². The quantitative estimate of drug-likeness (QED) is 0.185. The summed E-state index contributed by atoms with van der Waals surface area (Å²) in [7, 11) is 3.23. The second-order valence-electron chi connectivity index (χ2n) is 11.7. The summed E-state index contributed by atoms with van der Waals surface area (Å²) in [6, 6.07) is 13.8. The fourth-order valence-electron chi connectivity index (χ4n) is 8.75. The number of methoxy groups -OCH3 is 1. The summed E-state index contributed by atoms with van der Waals surface area (Å²) < 4.78 is 24.2. The molecule has 5 aliphatic heterocycles. The van der Waals surface area contributed by atoms with Gasteiger partial charge in [-0.1, -0.05) is 30.3 Å². The van der Waals surface area contributed by atoms with Gasteiger partial charge in [-0.15, -0.1) is 0 Å². The van der Waals surface area contributed by atoms with Crippen molar-refractivity contribution in [2.24, 2.45) is 11.3 Å². The Morgan fingerprint density at radius 3 is 2.66 bits per heavy atom. The van der Waals surface area contributed by atoms with Crippen molar-refractivity contribution >= 4 is 29.7 Å². The van der Waals surface area contributed by atoms with Crippen LogP contribution in [0.3, 0.4) is 0 Å². The maximum Gasteiger partial charge on any atom is 0.330 e.